The second kappa shape index (κ2) is 6.77. The molecule has 1 saturated heterocycles. The summed E-state index contributed by atoms with van der Waals surface area (Å²) in [4.78, 5) is 14.5. The highest BCUT2D eigenvalue weighted by Gasteiger charge is 2.31. The number of carbonyl (C=O) groups is 1. The maximum Gasteiger partial charge on any atom is 0.254 e. The Kier molecular flexibility index (Phi) is 4.84. The van der Waals surface area contributed by atoms with Gasteiger partial charge in [0.25, 0.3) is 5.91 Å². The lowest BCUT2D eigenvalue weighted by Crippen LogP contribution is -2.30. The first-order valence-corrected chi connectivity index (χ1v) is 10.1. The van der Waals surface area contributed by atoms with Crippen LogP contribution in [0.25, 0.3) is 0 Å². The van der Waals surface area contributed by atoms with Crippen LogP contribution in [0, 0.1) is 5.82 Å². The second-order valence-electron chi connectivity index (χ2n) is 6.13. The second-order valence-corrected chi connectivity index (χ2v) is 8.52. The highest BCUT2D eigenvalue weighted by molar-refractivity contribution is 7.90. The predicted octanol–water partition coefficient (Wildman–Crippen LogP) is 3.86. The van der Waals surface area contributed by atoms with Gasteiger partial charge in [0, 0.05) is 18.4 Å². The molecule has 0 spiro atoms. The number of rotatable bonds is 3. The van der Waals surface area contributed by atoms with E-state index in [4.69, 9.17) is 11.6 Å². The molecule has 0 N–H and O–H groups in total. The van der Waals surface area contributed by atoms with Crippen LogP contribution in [-0.2, 0) is 9.84 Å². The topological polar surface area (TPSA) is 54.5 Å². The highest BCUT2D eigenvalue weighted by atomic mass is 35.5. The smallest absolute Gasteiger partial charge is 0.254 e. The third kappa shape index (κ3) is 3.70. The van der Waals surface area contributed by atoms with E-state index in [1.165, 1.54) is 30.3 Å². The number of amides is 1. The van der Waals surface area contributed by atoms with Gasteiger partial charge in [-0.15, -0.1) is 0 Å². The minimum Gasteiger partial charge on any atom is -0.332 e. The van der Waals surface area contributed by atoms with Crippen LogP contribution in [0.5, 0.6) is 0 Å². The molecule has 3 rings (SSSR count). The van der Waals surface area contributed by atoms with Crippen LogP contribution in [0.4, 0.5) is 4.39 Å². The van der Waals surface area contributed by atoms with Gasteiger partial charge < -0.3 is 4.90 Å². The summed E-state index contributed by atoms with van der Waals surface area (Å²) in [6, 6.07) is 10.2. The lowest BCUT2D eigenvalue weighted by atomic mass is 10.0. The Bertz CT molecular complexity index is 930. The molecule has 4 nitrogen and oxygen atoms in total. The Labute approximate surface area is 151 Å². The van der Waals surface area contributed by atoms with E-state index < -0.39 is 9.84 Å². The van der Waals surface area contributed by atoms with Crippen molar-refractivity contribution in [3.05, 3.63) is 64.4 Å². The third-order valence-electron chi connectivity index (χ3n) is 4.32. The third-order valence-corrected chi connectivity index (χ3v) is 5.90. The quantitative estimate of drug-likeness (QED) is 0.811. The number of hydrogen-bond acceptors (Lipinski definition) is 3. The molecule has 1 unspecified atom stereocenters. The fourth-order valence-corrected chi connectivity index (χ4v) is 4.46. The summed E-state index contributed by atoms with van der Waals surface area (Å²) in [5.74, 6) is -0.629. The van der Waals surface area contributed by atoms with Gasteiger partial charge in [-0.05, 0) is 48.7 Å². The number of nitrogens with zero attached hydrogens (tertiary/aromatic N) is 1. The van der Waals surface area contributed by atoms with E-state index in [1.54, 1.807) is 17.0 Å². The minimum atomic E-state index is -3.54. The maximum absolute atomic E-state index is 13.5. The van der Waals surface area contributed by atoms with Gasteiger partial charge in [-0.1, -0.05) is 23.7 Å². The molecule has 2 aromatic carbocycles. The van der Waals surface area contributed by atoms with E-state index in [1.807, 2.05) is 0 Å². The summed E-state index contributed by atoms with van der Waals surface area (Å²) in [5.41, 5.74) is 0.997. The first kappa shape index (κ1) is 17.9. The summed E-state index contributed by atoms with van der Waals surface area (Å²) in [5, 5.41) is 0.0853. The maximum atomic E-state index is 13.5. The van der Waals surface area contributed by atoms with Crippen LogP contribution >= 0.6 is 11.6 Å². The van der Waals surface area contributed by atoms with Crippen LogP contribution in [0.2, 0.25) is 5.02 Å². The number of hydrogen-bond donors (Lipinski definition) is 0. The molecule has 1 atom stereocenters. The van der Waals surface area contributed by atoms with E-state index >= 15 is 0 Å². The molecule has 2 aromatic rings. The Morgan fingerprint density at radius 1 is 1.24 bits per heavy atom. The molecular formula is C18H17ClFNO3S. The van der Waals surface area contributed by atoms with Crippen molar-refractivity contribution >= 4 is 27.3 Å². The van der Waals surface area contributed by atoms with Crippen LogP contribution in [-0.4, -0.2) is 32.0 Å². The highest BCUT2D eigenvalue weighted by Crippen LogP contribution is 2.34. The van der Waals surface area contributed by atoms with Gasteiger partial charge >= 0.3 is 0 Å². The minimum absolute atomic E-state index is 0.0680. The van der Waals surface area contributed by atoms with Crippen molar-refractivity contribution in [2.45, 2.75) is 23.8 Å². The Hall–Kier alpha value is -1.92. The van der Waals surface area contributed by atoms with Crippen LogP contribution in [0.3, 0.4) is 0 Å². The van der Waals surface area contributed by atoms with Gasteiger partial charge in [-0.3, -0.25) is 4.79 Å². The van der Waals surface area contributed by atoms with E-state index in [0.717, 1.165) is 24.7 Å². The van der Waals surface area contributed by atoms with Gasteiger partial charge in [-0.2, -0.15) is 0 Å². The molecule has 0 aromatic heterocycles. The van der Waals surface area contributed by atoms with Gasteiger partial charge in [0.2, 0.25) is 0 Å². The zero-order valence-electron chi connectivity index (χ0n) is 13.6. The molecule has 7 heteroatoms. The van der Waals surface area contributed by atoms with Gasteiger partial charge in [0.05, 0.1) is 16.0 Å². The molecule has 0 saturated carbocycles. The molecule has 1 amide bonds. The van der Waals surface area contributed by atoms with Gasteiger partial charge in [0.15, 0.2) is 9.84 Å². The molecule has 0 bridgehead atoms. The molecule has 25 heavy (non-hydrogen) atoms. The lowest BCUT2D eigenvalue weighted by Gasteiger charge is -2.25. The molecule has 132 valence electrons. The molecule has 1 fully saturated rings. The van der Waals surface area contributed by atoms with Crippen molar-refractivity contribution in [3.8, 4) is 0 Å². The normalized spacial score (nSPS) is 17.7. The molecule has 0 radical (unpaired) electrons. The van der Waals surface area contributed by atoms with Crippen molar-refractivity contribution < 1.29 is 17.6 Å². The monoisotopic (exact) mass is 381 g/mol. The fraction of sp³-hybridized carbons (Fsp3) is 0.278. The number of sulfone groups is 1. The largest absolute Gasteiger partial charge is 0.332 e. The van der Waals surface area contributed by atoms with Crippen LogP contribution in [0.15, 0.2) is 47.4 Å². The summed E-state index contributed by atoms with van der Waals surface area (Å²) in [7, 11) is -3.54. The average molecular weight is 382 g/mol. The molecule has 1 aliphatic rings. The first-order valence-electron chi connectivity index (χ1n) is 7.83. The molecule has 1 aliphatic heterocycles. The predicted molar refractivity (Wildman–Crippen MR) is 94.0 cm³/mol. The summed E-state index contributed by atoms with van der Waals surface area (Å²) in [6.45, 7) is 0.539. The molecule has 0 aliphatic carbocycles. The number of benzene rings is 2. The first-order chi connectivity index (χ1) is 11.8. The average Bonchev–Trinajstić information content (AvgIpc) is 3.03. The van der Waals surface area contributed by atoms with Crippen LogP contribution in [0.1, 0.15) is 34.8 Å². The van der Waals surface area contributed by atoms with Crippen molar-refractivity contribution in [1.29, 1.82) is 0 Å². The number of halogens is 2. The zero-order chi connectivity index (χ0) is 18.2. The van der Waals surface area contributed by atoms with Gasteiger partial charge in [0.1, 0.15) is 5.82 Å². The van der Waals surface area contributed by atoms with E-state index in [9.17, 15) is 17.6 Å². The Balaban J connectivity index is 1.95. The van der Waals surface area contributed by atoms with Crippen LogP contribution < -0.4 is 0 Å². The zero-order valence-corrected chi connectivity index (χ0v) is 15.1. The molecular weight excluding hydrogens is 365 g/mol. The summed E-state index contributed by atoms with van der Waals surface area (Å²) >= 11 is 5.94. The Morgan fingerprint density at radius 3 is 2.68 bits per heavy atom. The summed E-state index contributed by atoms with van der Waals surface area (Å²) < 4.78 is 37.2. The van der Waals surface area contributed by atoms with E-state index in [-0.39, 0.29) is 33.2 Å². The number of likely N-dealkylation sites (tertiary alicyclic amines) is 1. The van der Waals surface area contributed by atoms with Gasteiger partial charge in [-0.25, -0.2) is 12.8 Å². The van der Waals surface area contributed by atoms with Crippen molar-refractivity contribution in [1.82, 2.24) is 4.90 Å². The standard InChI is InChI=1S/C18H17ClFNO3S/c1-25(23,24)17-11-13(7-8-15(17)19)18(22)21-9-3-6-16(21)12-4-2-5-14(20)10-12/h2,4-5,7-8,10-11,16H,3,6,9H2,1H3. The molecule has 1 heterocycles. The van der Waals surface area contributed by atoms with E-state index in [2.05, 4.69) is 0 Å². The fourth-order valence-electron chi connectivity index (χ4n) is 3.16. The Morgan fingerprint density at radius 2 is 2.00 bits per heavy atom. The van der Waals surface area contributed by atoms with Crippen molar-refractivity contribution in [2.75, 3.05) is 12.8 Å². The van der Waals surface area contributed by atoms with Crippen molar-refractivity contribution in [3.63, 3.8) is 0 Å². The number of carbonyl (C=O) groups excluding carboxylic acids is 1. The lowest BCUT2D eigenvalue weighted by molar-refractivity contribution is 0.0735. The SMILES string of the molecule is CS(=O)(=O)c1cc(C(=O)N2CCCC2c2cccc(F)c2)ccc1Cl. The summed E-state index contributed by atoms with van der Waals surface area (Å²) in [6.07, 6.45) is 2.59. The van der Waals surface area contributed by atoms with Crippen molar-refractivity contribution in [2.24, 2.45) is 0 Å². The van der Waals surface area contributed by atoms with E-state index in [0.29, 0.717) is 6.54 Å².